The first kappa shape index (κ1) is 11.3. The van der Waals surface area contributed by atoms with Gasteiger partial charge in [0.25, 0.3) is 0 Å². The van der Waals surface area contributed by atoms with Crippen molar-refractivity contribution in [2.24, 2.45) is 0 Å². The molecule has 1 unspecified atom stereocenters. The van der Waals surface area contributed by atoms with E-state index in [0.29, 0.717) is 17.4 Å². The summed E-state index contributed by atoms with van der Waals surface area (Å²) in [5.74, 6) is 1.81. The highest BCUT2D eigenvalue weighted by molar-refractivity contribution is 5.72. The zero-order chi connectivity index (χ0) is 13.5. The van der Waals surface area contributed by atoms with Crippen LogP contribution in [0.25, 0.3) is 11.2 Å². The van der Waals surface area contributed by atoms with Gasteiger partial charge in [-0.1, -0.05) is 18.2 Å². The number of nitrogens with zero attached hydrogens (tertiary/aromatic N) is 2. The van der Waals surface area contributed by atoms with Gasteiger partial charge in [-0.25, -0.2) is 9.97 Å². The van der Waals surface area contributed by atoms with Crippen molar-refractivity contribution in [3.05, 3.63) is 47.8 Å². The summed E-state index contributed by atoms with van der Waals surface area (Å²) in [5.41, 5.74) is 9.88. The van der Waals surface area contributed by atoms with Gasteiger partial charge in [-0.15, -0.1) is 0 Å². The molecule has 4 N–H and O–H groups in total. The van der Waals surface area contributed by atoms with E-state index in [1.54, 1.807) is 6.07 Å². The van der Waals surface area contributed by atoms with E-state index in [0.717, 1.165) is 24.3 Å². The molecule has 1 atom stereocenters. The zero-order valence-electron chi connectivity index (χ0n) is 10.9. The number of imidazole rings is 1. The van der Waals surface area contributed by atoms with Gasteiger partial charge in [0.1, 0.15) is 11.6 Å². The summed E-state index contributed by atoms with van der Waals surface area (Å²) in [5, 5.41) is 3.46. The summed E-state index contributed by atoms with van der Waals surface area (Å²) in [6.45, 7) is 0.881. The molecule has 5 nitrogen and oxygen atoms in total. The maximum atomic E-state index is 5.70. The number of pyridine rings is 1. The SMILES string of the molecule is Nc1ccc2[nH]c(C3CNc4ccccc4C3)nc2n1. The topological polar surface area (TPSA) is 79.6 Å². The highest BCUT2D eigenvalue weighted by atomic mass is 15.0. The number of hydrogen-bond acceptors (Lipinski definition) is 4. The number of para-hydroxylation sites is 1. The summed E-state index contributed by atoms with van der Waals surface area (Å²) in [7, 11) is 0. The normalized spacial score (nSPS) is 17.7. The molecule has 1 aliphatic heterocycles. The van der Waals surface area contributed by atoms with Crippen LogP contribution in [0.5, 0.6) is 0 Å². The first-order valence-corrected chi connectivity index (χ1v) is 6.73. The second kappa shape index (κ2) is 4.23. The highest BCUT2D eigenvalue weighted by Crippen LogP contribution is 2.29. The van der Waals surface area contributed by atoms with Crippen LogP contribution < -0.4 is 11.1 Å². The van der Waals surface area contributed by atoms with E-state index in [2.05, 4.69) is 44.5 Å². The van der Waals surface area contributed by atoms with Crippen molar-refractivity contribution >= 4 is 22.7 Å². The van der Waals surface area contributed by atoms with E-state index in [1.165, 1.54) is 11.3 Å². The third-order valence-electron chi connectivity index (χ3n) is 3.80. The molecule has 0 fully saturated rings. The lowest BCUT2D eigenvalue weighted by Gasteiger charge is -2.24. The number of H-pyrrole nitrogens is 1. The average molecular weight is 265 g/mol. The molecular weight excluding hydrogens is 250 g/mol. The maximum absolute atomic E-state index is 5.70. The van der Waals surface area contributed by atoms with Crippen molar-refractivity contribution in [2.75, 3.05) is 17.6 Å². The predicted molar refractivity (Wildman–Crippen MR) is 79.7 cm³/mol. The monoisotopic (exact) mass is 265 g/mol. The maximum Gasteiger partial charge on any atom is 0.179 e. The van der Waals surface area contributed by atoms with Gasteiger partial charge in [0.2, 0.25) is 0 Å². The number of aromatic amines is 1. The number of aromatic nitrogens is 3. The van der Waals surface area contributed by atoms with Crippen LogP contribution in [0.4, 0.5) is 11.5 Å². The molecule has 0 bridgehead atoms. The molecule has 0 aliphatic carbocycles. The van der Waals surface area contributed by atoms with E-state index < -0.39 is 0 Å². The Morgan fingerprint density at radius 1 is 1.10 bits per heavy atom. The van der Waals surface area contributed by atoms with Crippen molar-refractivity contribution in [1.29, 1.82) is 0 Å². The Morgan fingerprint density at radius 2 is 2.00 bits per heavy atom. The van der Waals surface area contributed by atoms with Gasteiger partial charge in [0, 0.05) is 18.2 Å². The summed E-state index contributed by atoms with van der Waals surface area (Å²) < 4.78 is 0. The minimum Gasteiger partial charge on any atom is -0.384 e. The second-order valence-corrected chi connectivity index (χ2v) is 5.17. The predicted octanol–water partition coefficient (Wildman–Crippen LogP) is 2.29. The van der Waals surface area contributed by atoms with E-state index in [4.69, 9.17) is 5.73 Å². The van der Waals surface area contributed by atoms with Crippen LogP contribution in [-0.2, 0) is 6.42 Å². The minimum atomic E-state index is 0.334. The van der Waals surface area contributed by atoms with Crippen LogP contribution in [-0.4, -0.2) is 21.5 Å². The van der Waals surface area contributed by atoms with Crippen molar-refractivity contribution in [3.8, 4) is 0 Å². The molecular formula is C15H15N5. The summed E-state index contributed by atoms with van der Waals surface area (Å²) in [6.07, 6.45) is 0.985. The van der Waals surface area contributed by atoms with Gasteiger partial charge < -0.3 is 16.0 Å². The van der Waals surface area contributed by atoms with Gasteiger partial charge >= 0.3 is 0 Å². The van der Waals surface area contributed by atoms with Crippen LogP contribution in [0.2, 0.25) is 0 Å². The Balaban J connectivity index is 1.70. The molecule has 0 spiro atoms. The number of fused-ring (bicyclic) bond motifs is 2. The largest absolute Gasteiger partial charge is 0.384 e. The Bertz CT molecular complexity index is 777. The van der Waals surface area contributed by atoms with Crippen molar-refractivity contribution < 1.29 is 0 Å². The molecule has 2 aromatic heterocycles. The van der Waals surface area contributed by atoms with E-state index in [1.807, 2.05) is 6.07 Å². The van der Waals surface area contributed by atoms with E-state index in [9.17, 15) is 0 Å². The average Bonchev–Trinajstić information content (AvgIpc) is 2.89. The lowest BCUT2D eigenvalue weighted by molar-refractivity contribution is 0.659. The van der Waals surface area contributed by atoms with Gasteiger partial charge in [-0.3, -0.25) is 0 Å². The quantitative estimate of drug-likeness (QED) is 0.630. The Morgan fingerprint density at radius 3 is 2.95 bits per heavy atom. The van der Waals surface area contributed by atoms with Crippen molar-refractivity contribution in [1.82, 2.24) is 15.0 Å². The molecule has 20 heavy (non-hydrogen) atoms. The lowest BCUT2D eigenvalue weighted by Crippen LogP contribution is -2.22. The van der Waals surface area contributed by atoms with E-state index in [-0.39, 0.29) is 0 Å². The first-order chi connectivity index (χ1) is 9.79. The van der Waals surface area contributed by atoms with Crippen LogP contribution in [0.15, 0.2) is 36.4 Å². The molecule has 5 heteroatoms. The van der Waals surface area contributed by atoms with Gasteiger partial charge in [-0.05, 0) is 30.2 Å². The third kappa shape index (κ3) is 1.79. The second-order valence-electron chi connectivity index (χ2n) is 5.17. The fourth-order valence-electron chi connectivity index (χ4n) is 2.75. The number of nitrogens with two attached hydrogens (primary N) is 1. The smallest absolute Gasteiger partial charge is 0.179 e. The highest BCUT2D eigenvalue weighted by Gasteiger charge is 2.22. The molecule has 3 heterocycles. The number of rotatable bonds is 1. The Hall–Kier alpha value is -2.56. The van der Waals surface area contributed by atoms with Gasteiger partial charge in [0.15, 0.2) is 5.65 Å². The molecule has 0 amide bonds. The lowest BCUT2D eigenvalue weighted by atomic mass is 9.93. The molecule has 1 aromatic carbocycles. The number of benzene rings is 1. The Kier molecular flexibility index (Phi) is 2.39. The van der Waals surface area contributed by atoms with Crippen LogP contribution in [0, 0.1) is 0 Å². The molecule has 3 aromatic rings. The van der Waals surface area contributed by atoms with Crippen LogP contribution >= 0.6 is 0 Å². The number of nitrogen functional groups attached to an aromatic ring is 1. The standard InChI is InChI=1S/C15H15N5/c16-13-6-5-12-15(19-13)20-14(18-12)10-7-9-3-1-2-4-11(9)17-8-10/h1-6,10,17H,7-8H2,(H3,16,18,19,20). The Labute approximate surface area is 116 Å². The molecule has 0 saturated carbocycles. The summed E-state index contributed by atoms with van der Waals surface area (Å²) in [6, 6.07) is 12.1. The van der Waals surface area contributed by atoms with Gasteiger partial charge in [-0.2, -0.15) is 0 Å². The van der Waals surface area contributed by atoms with Crippen molar-refractivity contribution in [2.45, 2.75) is 12.3 Å². The number of nitrogens with one attached hydrogen (secondary N) is 2. The first-order valence-electron chi connectivity index (χ1n) is 6.73. The molecule has 100 valence electrons. The summed E-state index contributed by atoms with van der Waals surface area (Å²) in [4.78, 5) is 12.2. The zero-order valence-corrected chi connectivity index (χ0v) is 10.9. The van der Waals surface area contributed by atoms with Crippen molar-refractivity contribution in [3.63, 3.8) is 0 Å². The molecule has 0 saturated heterocycles. The fourth-order valence-corrected chi connectivity index (χ4v) is 2.75. The minimum absolute atomic E-state index is 0.334. The summed E-state index contributed by atoms with van der Waals surface area (Å²) >= 11 is 0. The van der Waals surface area contributed by atoms with Crippen LogP contribution in [0.3, 0.4) is 0 Å². The molecule has 1 aliphatic rings. The van der Waals surface area contributed by atoms with Gasteiger partial charge in [0.05, 0.1) is 5.52 Å². The number of hydrogen-bond donors (Lipinski definition) is 3. The van der Waals surface area contributed by atoms with E-state index >= 15 is 0 Å². The third-order valence-corrected chi connectivity index (χ3v) is 3.80. The van der Waals surface area contributed by atoms with Crippen LogP contribution in [0.1, 0.15) is 17.3 Å². The molecule has 0 radical (unpaired) electrons. The fraction of sp³-hybridized carbons (Fsp3) is 0.200. The number of anilines is 2. The molecule has 4 rings (SSSR count).